The van der Waals surface area contributed by atoms with Crippen molar-refractivity contribution >= 4 is 30.9 Å². The van der Waals surface area contributed by atoms with Crippen molar-refractivity contribution in [2.45, 2.75) is 19.8 Å². The Hall–Kier alpha value is -1.19. The predicted octanol–water partition coefficient (Wildman–Crippen LogP) is 6.29. The summed E-state index contributed by atoms with van der Waals surface area (Å²) in [6.45, 7) is 2.64. The third kappa shape index (κ3) is 5.42. The highest BCUT2D eigenvalue weighted by Gasteiger charge is 2.34. The van der Waals surface area contributed by atoms with E-state index in [1.807, 2.05) is 0 Å². The van der Waals surface area contributed by atoms with E-state index in [2.05, 4.69) is 6.92 Å². The summed E-state index contributed by atoms with van der Waals surface area (Å²) in [6, 6.07) is 13.5. The van der Waals surface area contributed by atoms with Crippen LogP contribution in [0, 0.1) is 0 Å². The van der Waals surface area contributed by atoms with Crippen molar-refractivity contribution in [2.24, 2.45) is 0 Å². The van der Waals surface area contributed by atoms with E-state index in [9.17, 15) is 4.57 Å². The highest BCUT2D eigenvalue weighted by Crippen LogP contribution is 2.51. The summed E-state index contributed by atoms with van der Waals surface area (Å²) in [4.78, 5) is 0. The van der Waals surface area contributed by atoms with Crippen LogP contribution in [0.4, 0.5) is 0 Å². The van der Waals surface area contributed by atoms with Crippen molar-refractivity contribution in [3.8, 4) is 11.5 Å². The Morgan fingerprint density at radius 2 is 1.50 bits per heavy atom. The molecule has 0 amide bonds. The van der Waals surface area contributed by atoms with Crippen LogP contribution in [0.15, 0.2) is 48.5 Å². The van der Waals surface area contributed by atoms with Gasteiger partial charge < -0.3 is 9.05 Å². The molecule has 0 aromatic heterocycles. The zero-order chi connectivity index (χ0) is 17.6. The zero-order valence-electron chi connectivity index (χ0n) is 13.6. The van der Waals surface area contributed by atoms with E-state index in [1.54, 1.807) is 60.2 Å². The quantitative estimate of drug-likeness (QED) is 0.498. The molecule has 0 heterocycles. The average Bonchev–Trinajstić information content (AvgIpc) is 2.52. The Labute approximate surface area is 152 Å². The summed E-state index contributed by atoms with van der Waals surface area (Å²) in [5, 5.41) is 0.996. The molecule has 0 unspecified atom stereocenters. The Morgan fingerprint density at radius 3 is 1.92 bits per heavy atom. The lowest BCUT2D eigenvalue weighted by atomic mass is 10.3. The van der Waals surface area contributed by atoms with Gasteiger partial charge >= 0.3 is 7.75 Å². The SMILES string of the molecule is CCCCN(C)P(=O)(Oc1cccc(Cl)c1)Oc1cccc(Cl)c1. The number of rotatable bonds is 8. The van der Waals surface area contributed by atoms with Gasteiger partial charge in [0.2, 0.25) is 0 Å². The molecule has 24 heavy (non-hydrogen) atoms. The molecular formula is C17H20Cl2NO3P. The summed E-state index contributed by atoms with van der Waals surface area (Å²) in [6.07, 6.45) is 1.84. The first kappa shape index (κ1) is 19.1. The largest absolute Gasteiger partial charge is 0.515 e. The number of halogens is 2. The van der Waals surface area contributed by atoms with E-state index in [0.29, 0.717) is 28.1 Å². The van der Waals surface area contributed by atoms with Crippen LogP contribution in [0.2, 0.25) is 10.0 Å². The molecule has 0 N–H and O–H groups in total. The Morgan fingerprint density at radius 1 is 1.00 bits per heavy atom. The molecule has 2 aromatic carbocycles. The molecule has 0 bridgehead atoms. The van der Waals surface area contributed by atoms with Crippen LogP contribution in [0.3, 0.4) is 0 Å². The lowest BCUT2D eigenvalue weighted by molar-refractivity contribution is 0.304. The number of nitrogens with zero attached hydrogens (tertiary/aromatic N) is 1. The summed E-state index contributed by atoms with van der Waals surface area (Å²) < 4.78 is 26.4. The van der Waals surface area contributed by atoms with Crippen LogP contribution in [0.1, 0.15) is 19.8 Å². The van der Waals surface area contributed by atoms with Crippen LogP contribution in [0.25, 0.3) is 0 Å². The molecule has 130 valence electrons. The Bertz CT molecular complexity index is 675. The predicted molar refractivity (Wildman–Crippen MR) is 99.3 cm³/mol. The third-order valence-corrected chi connectivity index (χ3v) is 5.68. The van der Waals surface area contributed by atoms with Gasteiger partial charge in [0.25, 0.3) is 0 Å². The first-order valence-electron chi connectivity index (χ1n) is 7.65. The molecule has 0 saturated heterocycles. The van der Waals surface area contributed by atoms with E-state index in [1.165, 1.54) is 0 Å². The van der Waals surface area contributed by atoms with E-state index in [0.717, 1.165) is 12.8 Å². The van der Waals surface area contributed by atoms with Gasteiger partial charge in [-0.25, -0.2) is 4.57 Å². The number of hydrogen-bond donors (Lipinski definition) is 0. The fourth-order valence-corrected chi connectivity index (χ4v) is 3.80. The number of unbranched alkanes of at least 4 members (excludes halogenated alkanes) is 1. The fraction of sp³-hybridized carbons (Fsp3) is 0.294. The molecule has 0 spiro atoms. The Balaban J connectivity index is 2.28. The van der Waals surface area contributed by atoms with Gasteiger partial charge in [-0.1, -0.05) is 48.7 Å². The van der Waals surface area contributed by atoms with E-state index < -0.39 is 7.75 Å². The average molecular weight is 388 g/mol. The molecule has 0 fully saturated rings. The van der Waals surface area contributed by atoms with E-state index in [-0.39, 0.29) is 0 Å². The molecule has 4 nitrogen and oxygen atoms in total. The second kappa shape index (κ2) is 8.77. The van der Waals surface area contributed by atoms with Crippen molar-refractivity contribution in [1.29, 1.82) is 0 Å². The summed E-state index contributed by atoms with van der Waals surface area (Å²) >= 11 is 12.0. The number of benzene rings is 2. The van der Waals surface area contributed by atoms with Gasteiger partial charge in [0.15, 0.2) is 0 Å². The molecule has 2 rings (SSSR count). The normalized spacial score (nSPS) is 11.5. The molecule has 0 saturated carbocycles. The summed E-state index contributed by atoms with van der Waals surface area (Å²) in [5.74, 6) is 0.771. The zero-order valence-corrected chi connectivity index (χ0v) is 16.0. The molecule has 0 aliphatic heterocycles. The van der Waals surface area contributed by atoms with Gasteiger partial charge in [0.05, 0.1) is 0 Å². The van der Waals surface area contributed by atoms with Gasteiger partial charge in [-0.3, -0.25) is 0 Å². The first-order valence-corrected chi connectivity index (χ1v) is 9.90. The van der Waals surface area contributed by atoms with Gasteiger partial charge in [-0.05, 0) is 49.9 Å². The highest BCUT2D eigenvalue weighted by molar-refractivity contribution is 7.52. The summed E-state index contributed by atoms with van der Waals surface area (Å²) in [7, 11) is -1.89. The second-order valence-corrected chi connectivity index (χ2v) is 8.16. The standard InChI is InChI=1S/C17H20Cl2NO3P/c1-3-4-11-20(2)24(21,22-16-9-5-7-14(18)12-16)23-17-10-6-8-15(19)13-17/h5-10,12-13H,3-4,11H2,1-2H3. The van der Waals surface area contributed by atoms with Gasteiger partial charge in [-0.15, -0.1) is 0 Å². The molecule has 0 atom stereocenters. The van der Waals surface area contributed by atoms with Crippen molar-refractivity contribution in [3.63, 3.8) is 0 Å². The fourth-order valence-electron chi connectivity index (χ4n) is 1.98. The molecule has 0 aliphatic carbocycles. The van der Waals surface area contributed by atoms with E-state index in [4.69, 9.17) is 32.2 Å². The van der Waals surface area contributed by atoms with Gasteiger partial charge in [-0.2, -0.15) is 4.67 Å². The monoisotopic (exact) mass is 387 g/mol. The van der Waals surface area contributed by atoms with Gasteiger partial charge in [0.1, 0.15) is 11.5 Å². The first-order chi connectivity index (χ1) is 11.4. The molecule has 2 aromatic rings. The van der Waals surface area contributed by atoms with Crippen LogP contribution in [0.5, 0.6) is 11.5 Å². The van der Waals surface area contributed by atoms with E-state index >= 15 is 0 Å². The second-order valence-electron chi connectivity index (χ2n) is 5.30. The third-order valence-electron chi connectivity index (χ3n) is 3.29. The maximum absolute atomic E-state index is 13.4. The van der Waals surface area contributed by atoms with Crippen LogP contribution in [-0.2, 0) is 4.57 Å². The summed E-state index contributed by atoms with van der Waals surface area (Å²) in [5.41, 5.74) is 0. The Kier molecular flexibility index (Phi) is 7.00. The minimum Gasteiger partial charge on any atom is -0.404 e. The van der Waals surface area contributed by atoms with Gasteiger partial charge in [0, 0.05) is 16.6 Å². The lowest BCUT2D eigenvalue weighted by Crippen LogP contribution is -2.23. The van der Waals surface area contributed by atoms with Crippen LogP contribution < -0.4 is 9.05 Å². The molecular weight excluding hydrogens is 368 g/mol. The lowest BCUT2D eigenvalue weighted by Gasteiger charge is -2.27. The topological polar surface area (TPSA) is 38.8 Å². The minimum absolute atomic E-state index is 0.385. The number of hydrogen-bond acceptors (Lipinski definition) is 3. The van der Waals surface area contributed by atoms with Crippen LogP contribution >= 0.6 is 30.9 Å². The molecule has 0 aliphatic rings. The smallest absolute Gasteiger partial charge is 0.404 e. The maximum Gasteiger partial charge on any atom is 0.515 e. The van der Waals surface area contributed by atoms with Crippen molar-refractivity contribution in [2.75, 3.05) is 13.6 Å². The van der Waals surface area contributed by atoms with Crippen molar-refractivity contribution in [1.82, 2.24) is 4.67 Å². The molecule has 7 heteroatoms. The van der Waals surface area contributed by atoms with Crippen LogP contribution in [-0.4, -0.2) is 18.3 Å². The highest BCUT2D eigenvalue weighted by atomic mass is 35.5. The van der Waals surface area contributed by atoms with Crippen molar-refractivity contribution in [3.05, 3.63) is 58.6 Å². The maximum atomic E-state index is 13.4. The van der Waals surface area contributed by atoms with Crippen molar-refractivity contribution < 1.29 is 13.6 Å². The minimum atomic E-state index is -3.61. The molecule has 0 radical (unpaired) electrons.